The molecular formula is C25H28N2O5S. The summed E-state index contributed by atoms with van der Waals surface area (Å²) >= 11 is 0. The predicted molar refractivity (Wildman–Crippen MR) is 130 cm³/mol. The molecule has 0 heterocycles. The molecule has 0 aliphatic heterocycles. The van der Waals surface area contributed by atoms with Gasteiger partial charge in [0, 0.05) is 12.7 Å². The van der Waals surface area contributed by atoms with E-state index in [-0.39, 0.29) is 17.4 Å². The van der Waals surface area contributed by atoms with E-state index in [1.54, 1.807) is 36.4 Å². The highest BCUT2D eigenvalue weighted by molar-refractivity contribution is 7.92. The molecule has 3 rings (SSSR count). The Morgan fingerprint density at radius 1 is 0.909 bits per heavy atom. The van der Waals surface area contributed by atoms with Crippen molar-refractivity contribution in [1.82, 2.24) is 0 Å². The summed E-state index contributed by atoms with van der Waals surface area (Å²) in [6, 6.07) is 18.5. The highest BCUT2D eigenvalue weighted by atomic mass is 32.2. The zero-order valence-corrected chi connectivity index (χ0v) is 20.0. The zero-order chi connectivity index (χ0) is 24.0. The van der Waals surface area contributed by atoms with Gasteiger partial charge in [0.15, 0.2) is 6.61 Å². The van der Waals surface area contributed by atoms with Crippen LogP contribution in [0, 0.1) is 13.8 Å². The summed E-state index contributed by atoms with van der Waals surface area (Å²) in [4.78, 5) is 12.4. The quantitative estimate of drug-likeness (QED) is 0.498. The predicted octanol–water partition coefficient (Wildman–Crippen LogP) is 4.54. The molecule has 0 spiro atoms. The van der Waals surface area contributed by atoms with Crippen LogP contribution in [0.25, 0.3) is 0 Å². The van der Waals surface area contributed by atoms with Crippen molar-refractivity contribution in [2.45, 2.75) is 25.7 Å². The van der Waals surface area contributed by atoms with Crippen molar-refractivity contribution in [3.05, 3.63) is 77.9 Å². The second-order valence-electron chi connectivity index (χ2n) is 7.46. The number of rotatable bonds is 9. The van der Waals surface area contributed by atoms with Crippen molar-refractivity contribution in [2.24, 2.45) is 0 Å². The molecule has 0 aromatic heterocycles. The highest BCUT2D eigenvalue weighted by Gasteiger charge is 2.21. The molecule has 0 atom stereocenters. The number of nitrogens with one attached hydrogen (secondary N) is 1. The van der Waals surface area contributed by atoms with Gasteiger partial charge in [-0.05, 0) is 86.5 Å². The zero-order valence-electron chi connectivity index (χ0n) is 19.2. The molecule has 0 radical (unpaired) electrons. The Morgan fingerprint density at radius 2 is 1.52 bits per heavy atom. The van der Waals surface area contributed by atoms with Crippen molar-refractivity contribution >= 4 is 27.3 Å². The van der Waals surface area contributed by atoms with Crippen LogP contribution in [0.2, 0.25) is 0 Å². The van der Waals surface area contributed by atoms with Crippen LogP contribution >= 0.6 is 0 Å². The molecule has 0 unspecified atom stereocenters. The molecular weight excluding hydrogens is 440 g/mol. The Hall–Kier alpha value is -3.52. The topological polar surface area (TPSA) is 84.9 Å². The first kappa shape index (κ1) is 24.1. The van der Waals surface area contributed by atoms with Crippen LogP contribution in [-0.4, -0.2) is 34.6 Å². The minimum absolute atomic E-state index is 0.160. The highest BCUT2D eigenvalue weighted by Crippen LogP contribution is 2.26. The molecule has 0 saturated heterocycles. The summed E-state index contributed by atoms with van der Waals surface area (Å²) in [5, 5.41) is 2.84. The number of benzene rings is 3. The molecule has 1 amide bonds. The van der Waals surface area contributed by atoms with E-state index in [9.17, 15) is 13.2 Å². The largest absolute Gasteiger partial charge is 0.494 e. The molecule has 0 bridgehead atoms. The number of hydrogen-bond acceptors (Lipinski definition) is 5. The van der Waals surface area contributed by atoms with E-state index in [0.29, 0.717) is 23.8 Å². The summed E-state index contributed by atoms with van der Waals surface area (Å²) in [5.74, 6) is 0.798. The number of carbonyl (C=O) groups excluding carboxylic acids is 1. The number of nitrogens with zero attached hydrogens (tertiary/aromatic N) is 1. The van der Waals surface area contributed by atoms with E-state index in [1.807, 2.05) is 39.0 Å². The van der Waals surface area contributed by atoms with Gasteiger partial charge in [0.1, 0.15) is 11.5 Å². The maximum absolute atomic E-state index is 12.9. The first-order valence-electron chi connectivity index (χ1n) is 10.5. The van der Waals surface area contributed by atoms with E-state index in [1.165, 1.54) is 23.5 Å². The number of sulfonamides is 1. The fraction of sp³-hybridized carbons (Fsp3) is 0.240. The lowest BCUT2D eigenvalue weighted by Crippen LogP contribution is -2.26. The summed E-state index contributed by atoms with van der Waals surface area (Å²) < 4.78 is 38.0. The lowest BCUT2D eigenvalue weighted by atomic mass is 10.1. The van der Waals surface area contributed by atoms with Gasteiger partial charge in [0.05, 0.1) is 17.2 Å². The molecule has 3 aromatic rings. The van der Waals surface area contributed by atoms with Crippen molar-refractivity contribution in [3.8, 4) is 11.5 Å². The van der Waals surface area contributed by atoms with Gasteiger partial charge in [-0.2, -0.15) is 0 Å². The molecule has 0 fully saturated rings. The average molecular weight is 469 g/mol. The Bertz CT molecular complexity index is 1210. The van der Waals surface area contributed by atoms with Crippen molar-refractivity contribution in [2.75, 3.05) is 29.9 Å². The molecule has 8 heteroatoms. The number of ether oxygens (including phenoxy) is 2. The van der Waals surface area contributed by atoms with Gasteiger partial charge < -0.3 is 14.8 Å². The van der Waals surface area contributed by atoms with Crippen LogP contribution in [-0.2, 0) is 14.8 Å². The van der Waals surface area contributed by atoms with E-state index in [0.717, 1.165) is 16.8 Å². The van der Waals surface area contributed by atoms with Crippen molar-refractivity contribution in [3.63, 3.8) is 0 Å². The third-order valence-electron chi connectivity index (χ3n) is 5.24. The Morgan fingerprint density at radius 3 is 2.15 bits per heavy atom. The molecule has 3 aromatic carbocycles. The second kappa shape index (κ2) is 10.4. The van der Waals surface area contributed by atoms with Crippen LogP contribution < -0.4 is 19.1 Å². The van der Waals surface area contributed by atoms with Gasteiger partial charge >= 0.3 is 0 Å². The molecule has 1 N–H and O–H groups in total. The van der Waals surface area contributed by atoms with Crippen LogP contribution in [0.1, 0.15) is 18.1 Å². The fourth-order valence-corrected chi connectivity index (χ4v) is 4.34. The van der Waals surface area contributed by atoms with E-state index < -0.39 is 10.0 Å². The monoisotopic (exact) mass is 468 g/mol. The third-order valence-corrected chi connectivity index (χ3v) is 7.04. The lowest BCUT2D eigenvalue weighted by molar-refractivity contribution is -0.118. The van der Waals surface area contributed by atoms with E-state index >= 15 is 0 Å². The second-order valence-corrected chi connectivity index (χ2v) is 9.42. The molecule has 174 valence electrons. The minimum Gasteiger partial charge on any atom is -0.494 e. The normalized spacial score (nSPS) is 11.0. The Labute approximate surface area is 195 Å². The van der Waals surface area contributed by atoms with E-state index in [2.05, 4.69) is 5.32 Å². The Balaban J connectivity index is 1.62. The van der Waals surface area contributed by atoms with Crippen LogP contribution in [0.3, 0.4) is 0 Å². The lowest BCUT2D eigenvalue weighted by Gasteiger charge is -2.20. The summed E-state index contributed by atoms with van der Waals surface area (Å²) in [6.45, 7) is 6.14. The van der Waals surface area contributed by atoms with Gasteiger partial charge in [-0.25, -0.2) is 8.42 Å². The molecule has 33 heavy (non-hydrogen) atoms. The van der Waals surface area contributed by atoms with Crippen LogP contribution in [0.15, 0.2) is 71.6 Å². The maximum Gasteiger partial charge on any atom is 0.264 e. The minimum atomic E-state index is -3.73. The average Bonchev–Trinajstić information content (AvgIpc) is 2.81. The number of amides is 1. The Kier molecular flexibility index (Phi) is 7.60. The van der Waals surface area contributed by atoms with Gasteiger partial charge in [0.2, 0.25) is 0 Å². The molecule has 0 saturated carbocycles. The molecule has 7 nitrogen and oxygen atoms in total. The number of carbonyl (C=O) groups is 1. The van der Waals surface area contributed by atoms with Crippen LogP contribution in [0.5, 0.6) is 11.5 Å². The standard InChI is InChI=1S/C25H28N2O5S/c1-5-31-21-13-15-23(16-14-21)33(29,30)27(4)20-9-11-22(12-10-20)32-17-25(28)26-24-8-6-7-18(2)19(24)3/h6-16H,5,17H2,1-4H3,(H,26,28). The van der Waals surface area contributed by atoms with Crippen LogP contribution in [0.4, 0.5) is 11.4 Å². The summed E-state index contributed by atoms with van der Waals surface area (Å²) in [6.07, 6.45) is 0. The number of hydrogen-bond donors (Lipinski definition) is 1. The molecule has 0 aliphatic carbocycles. The van der Waals surface area contributed by atoms with Gasteiger partial charge in [-0.1, -0.05) is 12.1 Å². The first-order valence-corrected chi connectivity index (χ1v) is 12.0. The summed E-state index contributed by atoms with van der Waals surface area (Å²) in [5.41, 5.74) is 3.32. The third kappa shape index (κ3) is 5.84. The van der Waals surface area contributed by atoms with Crippen molar-refractivity contribution < 1.29 is 22.7 Å². The van der Waals surface area contributed by atoms with Crippen molar-refractivity contribution in [1.29, 1.82) is 0 Å². The SMILES string of the molecule is CCOc1ccc(S(=O)(=O)N(C)c2ccc(OCC(=O)Nc3cccc(C)c3C)cc2)cc1. The number of anilines is 2. The van der Waals surface area contributed by atoms with Gasteiger partial charge in [0.25, 0.3) is 15.9 Å². The summed E-state index contributed by atoms with van der Waals surface area (Å²) in [7, 11) is -2.25. The molecule has 0 aliphatic rings. The smallest absolute Gasteiger partial charge is 0.264 e. The maximum atomic E-state index is 12.9. The first-order chi connectivity index (χ1) is 15.7. The fourth-order valence-electron chi connectivity index (χ4n) is 3.15. The van der Waals surface area contributed by atoms with E-state index in [4.69, 9.17) is 9.47 Å². The number of aryl methyl sites for hydroxylation is 1. The van der Waals surface area contributed by atoms with Gasteiger partial charge in [-0.3, -0.25) is 9.10 Å². The van der Waals surface area contributed by atoms with Gasteiger partial charge in [-0.15, -0.1) is 0 Å².